The van der Waals surface area contributed by atoms with Gasteiger partial charge in [-0.25, -0.2) is 0 Å². The molecule has 2 rings (SSSR count). The molecule has 0 N–H and O–H groups in total. The van der Waals surface area contributed by atoms with Crippen LogP contribution in [0.25, 0.3) is 0 Å². The van der Waals surface area contributed by atoms with Gasteiger partial charge in [0.05, 0.1) is 0 Å². The van der Waals surface area contributed by atoms with Crippen LogP contribution >= 0.6 is 22.8 Å². The monoisotopic (exact) mass is 1130 g/mol. The Morgan fingerprint density at radius 3 is 0.676 bits per heavy atom. The molecule has 0 saturated carbocycles. The van der Waals surface area contributed by atoms with E-state index in [4.69, 9.17) is 19.9 Å². The van der Waals surface area contributed by atoms with Gasteiger partial charge in [-0.3, -0.25) is 0 Å². The Bertz CT molecular complexity index is 1170. The van der Waals surface area contributed by atoms with Crippen LogP contribution in [0.3, 0.4) is 0 Å². The Hall–Kier alpha value is 1.72. The second-order valence-corrected chi connectivity index (χ2v) is 37.8. The van der Waals surface area contributed by atoms with Crippen molar-refractivity contribution in [2.75, 3.05) is 18.5 Å². The first-order valence-electron chi connectivity index (χ1n) is 30.1. The molecule has 0 radical (unpaired) electrons. The summed E-state index contributed by atoms with van der Waals surface area (Å²) in [5.41, 5.74) is 0. The zero-order valence-electron chi connectivity index (χ0n) is 45.2. The topological polar surface area (TPSA) is 107 Å². The number of unbranched alkanes of at least 4 members (excludes halogenated alkanes) is 45. The van der Waals surface area contributed by atoms with Gasteiger partial charge < -0.3 is 0 Å². The third-order valence-corrected chi connectivity index (χ3v) is 38.5. The zero-order chi connectivity index (χ0) is 49.0. The SMILES string of the molecule is CCCCCCCCCCCCCCCCCCP1(=O)[O][Ga]([O]P(=O)(CCCCCCCCCCCCCCCCCC)[O][Ga]2[O]P(=O)(CCCCCCCCCCCCCCCCCC)[O]2)[O]1. The van der Waals surface area contributed by atoms with Crippen molar-refractivity contribution in [1.29, 1.82) is 0 Å². The van der Waals surface area contributed by atoms with Crippen molar-refractivity contribution in [3.63, 3.8) is 0 Å². The van der Waals surface area contributed by atoms with Gasteiger partial charge >= 0.3 is 283 Å². The van der Waals surface area contributed by atoms with Gasteiger partial charge in [-0.05, 0) is 0 Å². The van der Waals surface area contributed by atoms with Gasteiger partial charge in [0.1, 0.15) is 0 Å². The fraction of sp³-hybridized carbons (Fsp3) is 1.00. The predicted octanol–water partition coefficient (Wildman–Crippen LogP) is 21.4. The van der Waals surface area contributed by atoms with E-state index in [-0.39, 0.29) is 6.16 Å². The van der Waals surface area contributed by atoms with Gasteiger partial charge in [-0.2, -0.15) is 0 Å². The minimum absolute atomic E-state index is 0.223. The molecular formula is C54H111Ga2O9P3. The molecule has 0 aromatic carbocycles. The maximum atomic E-state index is 14.2. The number of rotatable bonds is 55. The van der Waals surface area contributed by atoms with E-state index in [0.717, 1.165) is 51.4 Å². The summed E-state index contributed by atoms with van der Waals surface area (Å²) < 4.78 is 75.9. The summed E-state index contributed by atoms with van der Waals surface area (Å²) in [6, 6.07) is 0. The maximum absolute atomic E-state index is 14.2. The van der Waals surface area contributed by atoms with Gasteiger partial charge in [0.25, 0.3) is 0 Å². The Kier molecular flexibility index (Phi) is 44.6. The summed E-state index contributed by atoms with van der Waals surface area (Å²) in [4.78, 5) is 0. The van der Waals surface area contributed by atoms with Crippen LogP contribution in [-0.4, -0.2) is 53.1 Å². The van der Waals surface area contributed by atoms with Crippen LogP contribution in [0.15, 0.2) is 0 Å². The molecule has 2 heterocycles. The van der Waals surface area contributed by atoms with E-state index in [2.05, 4.69) is 20.8 Å². The first-order valence-corrected chi connectivity index (χ1v) is 41.2. The van der Waals surface area contributed by atoms with Crippen molar-refractivity contribution < 1.29 is 33.6 Å². The summed E-state index contributed by atoms with van der Waals surface area (Å²) in [6.07, 6.45) is 62.2. The van der Waals surface area contributed by atoms with Crippen molar-refractivity contribution in [2.24, 2.45) is 0 Å². The molecule has 2 fully saturated rings. The molecule has 68 heavy (non-hydrogen) atoms. The quantitative estimate of drug-likeness (QED) is 0.0334. The van der Waals surface area contributed by atoms with Crippen LogP contribution < -0.4 is 0 Å². The fourth-order valence-electron chi connectivity index (χ4n) is 9.78. The first kappa shape index (κ1) is 65.8. The average Bonchev–Trinajstić information content (AvgIpc) is 3.30. The first-order chi connectivity index (χ1) is 33.3. The van der Waals surface area contributed by atoms with Crippen LogP contribution in [0.2, 0.25) is 0 Å². The second-order valence-electron chi connectivity index (χ2n) is 21.1. The van der Waals surface area contributed by atoms with E-state index in [1.165, 1.54) is 250 Å². The van der Waals surface area contributed by atoms with E-state index in [9.17, 15) is 13.7 Å². The summed E-state index contributed by atoms with van der Waals surface area (Å²) in [5.74, 6) is 0. The summed E-state index contributed by atoms with van der Waals surface area (Å²) in [5, 5.41) is 0. The summed E-state index contributed by atoms with van der Waals surface area (Å²) >= 11 is -6.86. The third kappa shape index (κ3) is 38.3. The Balaban J connectivity index is 1.61. The molecule has 2 aliphatic rings. The van der Waals surface area contributed by atoms with Crippen molar-refractivity contribution in [3.05, 3.63) is 0 Å². The molecule has 14 heteroatoms. The molecule has 2 aliphatic heterocycles. The van der Waals surface area contributed by atoms with Crippen LogP contribution in [0.1, 0.15) is 329 Å². The fourth-order valence-corrected chi connectivity index (χ4v) is 33.4. The molecule has 0 bridgehead atoms. The van der Waals surface area contributed by atoms with Crippen LogP contribution in [0, 0.1) is 0 Å². The van der Waals surface area contributed by atoms with Gasteiger partial charge in [0.2, 0.25) is 0 Å². The summed E-state index contributed by atoms with van der Waals surface area (Å²) in [7, 11) is -10.0. The predicted molar refractivity (Wildman–Crippen MR) is 294 cm³/mol. The van der Waals surface area contributed by atoms with Crippen molar-refractivity contribution >= 4 is 57.4 Å². The van der Waals surface area contributed by atoms with Crippen molar-refractivity contribution in [1.82, 2.24) is 0 Å². The van der Waals surface area contributed by atoms with E-state index >= 15 is 0 Å². The van der Waals surface area contributed by atoms with E-state index in [0.29, 0.717) is 18.7 Å². The molecule has 402 valence electrons. The normalized spacial score (nSPS) is 15.6. The molecule has 0 spiro atoms. The van der Waals surface area contributed by atoms with Crippen LogP contribution in [-0.2, 0) is 33.6 Å². The van der Waals surface area contributed by atoms with E-state index < -0.39 is 57.4 Å². The zero-order valence-corrected chi connectivity index (χ0v) is 52.8. The van der Waals surface area contributed by atoms with E-state index in [1.54, 1.807) is 0 Å². The molecule has 0 aliphatic carbocycles. The Morgan fingerprint density at radius 1 is 0.294 bits per heavy atom. The second kappa shape index (κ2) is 46.1. The molecule has 0 aromatic rings. The van der Waals surface area contributed by atoms with Gasteiger partial charge in [-0.15, -0.1) is 0 Å². The minimum atomic E-state index is -3.67. The molecule has 0 atom stereocenters. The van der Waals surface area contributed by atoms with Crippen molar-refractivity contribution in [2.45, 2.75) is 329 Å². The van der Waals surface area contributed by atoms with Gasteiger partial charge in [0.15, 0.2) is 0 Å². The molecule has 0 unspecified atom stereocenters. The third-order valence-electron chi connectivity index (χ3n) is 14.3. The molecule has 2 saturated heterocycles. The molecular weight excluding hydrogens is 1020 g/mol. The van der Waals surface area contributed by atoms with Gasteiger partial charge in [0, 0.05) is 0 Å². The van der Waals surface area contributed by atoms with Crippen molar-refractivity contribution in [3.8, 4) is 0 Å². The Labute approximate surface area is 435 Å². The van der Waals surface area contributed by atoms with Gasteiger partial charge in [-0.1, -0.05) is 156 Å². The standard InChI is InChI=1S/3C18H39O3P.2Ga/c3*1-2-3-4-5-6-7-8-9-10-11-12-13-14-15-16-17-18-22(19,20)21;;/h3*2-18H2,1H3,(H2,19,20,21);;/q;;;2*+3/p-6. The molecule has 0 aromatic heterocycles. The molecule has 0 amide bonds. The number of hydrogen-bond donors (Lipinski definition) is 0. The average molecular weight is 1140 g/mol. The number of hydrogen-bond acceptors (Lipinski definition) is 9. The van der Waals surface area contributed by atoms with E-state index in [1.807, 2.05) is 0 Å². The molecule has 9 nitrogen and oxygen atoms in total. The summed E-state index contributed by atoms with van der Waals surface area (Å²) in [6.45, 7) is 6.84. The Morgan fingerprint density at radius 2 is 0.471 bits per heavy atom. The van der Waals surface area contributed by atoms with Crippen LogP contribution in [0.4, 0.5) is 0 Å². The van der Waals surface area contributed by atoms with Crippen LogP contribution in [0.5, 0.6) is 0 Å².